The van der Waals surface area contributed by atoms with Crippen LogP contribution < -0.4 is 0 Å². The molecule has 0 aromatic heterocycles. The van der Waals surface area contributed by atoms with Gasteiger partial charge in [-0.25, -0.2) is 4.39 Å². The van der Waals surface area contributed by atoms with Gasteiger partial charge < -0.3 is 0 Å². The molecule has 0 N–H and O–H groups in total. The summed E-state index contributed by atoms with van der Waals surface area (Å²) in [5, 5.41) is 1.26. The molecule has 0 spiro atoms. The Kier molecular flexibility index (Phi) is 4.86. The lowest BCUT2D eigenvalue weighted by Gasteiger charge is -2.37. The van der Waals surface area contributed by atoms with Gasteiger partial charge >= 0.3 is 0 Å². The smallest absolute Gasteiger partial charge is 0.123 e. The molecule has 2 aromatic rings. The van der Waals surface area contributed by atoms with Gasteiger partial charge in [-0.15, -0.1) is 0 Å². The van der Waals surface area contributed by atoms with Crippen LogP contribution in [-0.2, 0) is 13.0 Å². The van der Waals surface area contributed by atoms with Gasteiger partial charge in [-0.05, 0) is 66.3 Å². The molecule has 4 rings (SSSR count). The number of hydrogen-bond donors (Lipinski definition) is 0. The minimum absolute atomic E-state index is 0.164. The molecule has 1 saturated heterocycles. The van der Waals surface area contributed by atoms with Crippen LogP contribution in [0.2, 0.25) is 10.0 Å². The molecule has 1 atom stereocenters. The molecule has 0 saturated carbocycles. The van der Waals surface area contributed by atoms with E-state index in [9.17, 15) is 4.39 Å². The van der Waals surface area contributed by atoms with E-state index in [-0.39, 0.29) is 5.82 Å². The van der Waals surface area contributed by atoms with Crippen LogP contribution in [0.1, 0.15) is 36.0 Å². The minimum Gasteiger partial charge on any atom is -0.292 e. The lowest BCUT2D eigenvalue weighted by molar-refractivity contribution is 0.163. The van der Waals surface area contributed by atoms with Crippen LogP contribution in [0.5, 0.6) is 0 Å². The molecule has 1 aliphatic carbocycles. The second kappa shape index (κ2) is 7.11. The van der Waals surface area contributed by atoms with E-state index in [0.717, 1.165) is 37.1 Å². The minimum atomic E-state index is -0.164. The molecule has 1 nitrogen and oxygen atoms in total. The highest BCUT2D eigenvalue weighted by Gasteiger charge is 2.29. The average molecular weight is 376 g/mol. The maximum absolute atomic E-state index is 13.5. The summed E-state index contributed by atoms with van der Waals surface area (Å²) in [6.45, 7) is 1.85. The first-order valence-electron chi connectivity index (χ1n) is 8.77. The third-order valence-electron chi connectivity index (χ3n) is 5.29. The van der Waals surface area contributed by atoms with Crippen molar-refractivity contribution in [2.24, 2.45) is 0 Å². The van der Waals surface area contributed by atoms with Gasteiger partial charge in [-0.2, -0.15) is 0 Å². The number of rotatable bonds is 3. The van der Waals surface area contributed by atoms with E-state index in [0.29, 0.717) is 16.1 Å². The van der Waals surface area contributed by atoms with E-state index < -0.39 is 0 Å². The Morgan fingerprint density at radius 1 is 1.12 bits per heavy atom. The Balaban J connectivity index is 1.58. The summed E-state index contributed by atoms with van der Waals surface area (Å²) < 4.78 is 13.5. The number of piperidine rings is 1. The van der Waals surface area contributed by atoms with Gasteiger partial charge in [0.05, 0.1) is 10.0 Å². The van der Waals surface area contributed by atoms with Crippen LogP contribution in [0.3, 0.4) is 0 Å². The Bertz CT molecular complexity index is 831. The molecular formula is C21H20Cl2FN. The molecule has 1 unspecified atom stereocenters. The van der Waals surface area contributed by atoms with Crippen molar-refractivity contribution in [1.82, 2.24) is 4.90 Å². The molecule has 2 aromatic carbocycles. The Morgan fingerprint density at radius 3 is 2.88 bits per heavy atom. The second-order valence-electron chi connectivity index (χ2n) is 6.93. The van der Waals surface area contributed by atoms with Crippen molar-refractivity contribution in [3.63, 3.8) is 0 Å². The van der Waals surface area contributed by atoms with E-state index in [2.05, 4.69) is 11.0 Å². The van der Waals surface area contributed by atoms with Crippen LogP contribution in [0, 0.1) is 5.82 Å². The molecule has 1 fully saturated rings. The third-order valence-corrected chi connectivity index (χ3v) is 6.15. The van der Waals surface area contributed by atoms with Crippen LogP contribution in [0.4, 0.5) is 4.39 Å². The zero-order chi connectivity index (χ0) is 17.4. The van der Waals surface area contributed by atoms with Crippen molar-refractivity contribution in [1.29, 1.82) is 0 Å². The number of benzene rings is 2. The van der Waals surface area contributed by atoms with Gasteiger partial charge in [0.25, 0.3) is 0 Å². The van der Waals surface area contributed by atoms with Crippen molar-refractivity contribution >= 4 is 29.3 Å². The molecule has 0 bridgehead atoms. The summed E-state index contributed by atoms with van der Waals surface area (Å²) in [5.74, 6) is -0.164. The van der Waals surface area contributed by atoms with E-state index in [1.54, 1.807) is 12.1 Å². The predicted molar refractivity (Wildman–Crippen MR) is 103 cm³/mol. The number of fused-ring (bicyclic) bond motifs is 1. The maximum Gasteiger partial charge on any atom is 0.123 e. The lowest BCUT2D eigenvalue weighted by Crippen LogP contribution is -2.40. The van der Waals surface area contributed by atoms with Gasteiger partial charge in [0.15, 0.2) is 0 Å². The SMILES string of the molecule is Fc1ccc2c(c1)C=C(C1CCCCN1Cc1cccc(Cl)c1Cl)C2. The largest absolute Gasteiger partial charge is 0.292 e. The maximum atomic E-state index is 13.5. The number of likely N-dealkylation sites (tertiary alicyclic amines) is 1. The average Bonchev–Trinajstić information content (AvgIpc) is 3.02. The molecule has 1 aliphatic heterocycles. The summed E-state index contributed by atoms with van der Waals surface area (Å²) in [5.41, 5.74) is 4.71. The zero-order valence-corrected chi connectivity index (χ0v) is 15.5. The number of halogens is 3. The molecular weight excluding hydrogens is 356 g/mol. The number of hydrogen-bond acceptors (Lipinski definition) is 1. The van der Waals surface area contributed by atoms with Gasteiger partial charge in [-0.3, -0.25) is 4.90 Å². The highest BCUT2D eigenvalue weighted by atomic mass is 35.5. The molecule has 2 aliphatic rings. The molecule has 1 heterocycles. The fourth-order valence-electron chi connectivity index (χ4n) is 4.04. The summed E-state index contributed by atoms with van der Waals surface area (Å²) in [7, 11) is 0. The van der Waals surface area contributed by atoms with Crippen molar-refractivity contribution in [3.05, 3.63) is 74.5 Å². The van der Waals surface area contributed by atoms with E-state index >= 15 is 0 Å². The Labute approximate surface area is 158 Å². The van der Waals surface area contributed by atoms with Crippen LogP contribution >= 0.6 is 23.2 Å². The third kappa shape index (κ3) is 3.48. The fourth-order valence-corrected chi connectivity index (χ4v) is 4.42. The zero-order valence-electron chi connectivity index (χ0n) is 13.9. The van der Waals surface area contributed by atoms with Gasteiger partial charge in [-0.1, -0.05) is 53.9 Å². The summed E-state index contributed by atoms with van der Waals surface area (Å²) >= 11 is 12.6. The van der Waals surface area contributed by atoms with Crippen LogP contribution in [-0.4, -0.2) is 17.5 Å². The normalized spacial score (nSPS) is 20.4. The first-order valence-corrected chi connectivity index (χ1v) is 9.53. The van der Waals surface area contributed by atoms with Crippen LogP contribution in [0.15, 0.2) is 42.0 Å². The van der Waals surface area contributed by atoms with Gasteiger partial charge in [0.1, 0.15) is 5.82 Å². The predicted octanol–water partition coefficient (Wildman–Crippen LogP) is 6.13. The van der Waals surface area contributed by atoms with Crippen molar-refractivity contribution in [2.45, 2.75) is 38.3 Å². The first-order chi connectivity index (χ1) is 12.1. The Hall–Kier alpha value is -1.35. The van der Waals surface area contributed by atoms with Crippen molar-refractivity contribution in [2.75, 3.05) is 6.54 Å². The highest BCUT2D eigenvalue weighted by Crippen LogP contribution is 2.35. The molecule has 0 amide bonds. The number of nitrogens with zero attached hydrogens (tertiary/aromatic N) is 1. The van der Waals surface area contributed by atoms with Gasteiger partial charge in [0.2, 0.25) is 0 Å². The molecule has 25 heavy (non-hydrogen) atoms. The summed E-state index contributed by atoms with van der Waals surface area (Å²) in [6, 6.07) is 11.3. The topological polar surface area (TPSA) is 3.24 Å². The molecule has 130 valence electrons. The monoisotopic (exact) mass is 375 g/mol. The molecule has 4 heteroatoms. The highest BCUT2D eigenvalue weighted by molar-refractivity contribution is 6.42. The van der Waals surface area contributed by atoms with E-state index in [4.69, 9.17) is 23.2 Å². The van der Waals surface area contributed by atoms with Crippen molar-refractivity contribution < 1.29 is 4.39 Å². The second-order valence-corrected chi connectivity index (χ2v) is 7.72. The van der Waals surface area contributed by atoms with Crippen molar-refractivity contribution in [3.8, 4) is 0 Å². The van der Waals surface area contributed by atoms with E-state index in [1.807, 2.05) is 24.3 Å². The van der Waals surface area contributed by atoms with E-state index in [1.165, 1.54) is 24.0 Å². The Morgan fingerprint density at radius 2 is 2.00 bits per heavy atom. The molecule has 0 radical (unpaired) electrons. The fraction of sp³-hybridized carbons (Fsp3) is 0.333. The first kappa shape index (κ1) is 17.1. The van der Waals surface area contributed by atoms with Crippen LogP contribution in [0.25, 0.3) is 6.08 Å². The summed E-state index contributed by atoms with van der Waals surface area (Å²) in [6.07, 6.45) is 6.66. The standard InChI is InChI=1S/C21H20Cl2FN/c22-19-5-3-4-15(21(19)23)13-25-9-2-1-6-20(25)17-10-14-7-8-18(24)12-16(14)11-17/h3-5,7-8,11-12,20H,1-2,6,9-10,13H2. The summed E-state index contributed by atoms with van der Waals surface area (Å²) in [4.78, 5) is 2.50. The van der Waals surface area contributed by atoms with Gasteiger partial charge in [0, 0.05) is 12.6 Å². The quantitative estimate of drug-likeness (QED) is 0.623. The lowest BCUT2D eigenvalue weighted by atomic mass is 9.93.